The maximum absolute atomic E-state index is 3.29. The van der Waals surface area contributed by atoms with Crippen LogP contribution in [0.2, 0.25) is 19.6 Å². The molecule has 1 atom stereocenters. The van der Waals surface area contributed by atoms with Gasteiger partial charge in [0.2, 0.25) is 0 Å². The van der Waals surface area contributed by atoms with Crippen molar-refractivity contribution in [1.82, 2.24) is 0 Å². The van der Waals surface area contributed by atoms with Crippen LogP contribution >= 0.6 is 0 Å². The molecule has 4 rings (SSSR count). The summed E-state index contributed by atoms with van der Waals surface area (Å²) in [6, 6.07) is 19.3. The molecule has 0 amide bonds. The molecule has 0 bridgehead atoms. The maximum atomic E-state index is 3.29. The SMILES string of the molecule is CC1[C-]=CC([Si](C)(C)C)=C1.[Cl-].[Cl-].[Zr+4].c1ccc2c(c1)[cH-]c1ccccc12. The Morgan fingerprint density at radius 2 is 1.31 bits per heavy atom. The van der Waals surface area contributed by atoms with Crippen molar-refractivity contribution in [2.75, 3.05) is 0 Å². The standard InChI is InChI=1S/C13H9.C9H15Si.2ClH.Zr/c1-3-7-12-10(5-1)9-11-6-2-4-8-13(11)12;1-8-5-6-9(7-8)10(2,3)4;;;/h1-9H;6-8H,1-4H3;2*1H;/q2*-1;;;+4/p-2. The maximum Gasteiger partial charge on any atom is 4.00 e. The molecule has 0 aliphatic heterocycles. The van der Waals surface area contributed by atoms with Gasteiger partial charge in [0.05, 0.1) is 0 Å². The molecule has 1 aliphatic rings. The Kier molecular flexibility index (Phi) is 10.5. The van der Waals surface area contributed by atoms with Crippen LogP contribution < -0.4 is 24.8 Å². The molecule has 0 aromatic heterocycles. The molecule has 0 fully saturated rings. The zero-order valence-electron chi connectivity index (χ0n) is 15.7. The van der Waals surface area contributed by atoms with Gasteiger partial charge >= 0.3 is 26.2 Å². The van der Waals surface area contributed by atoms with Crippen molar-refractivity contribution in [2.24, 2.45) is 5.92 Å². The minimum absolute atomic E-state index is 0. The van der Waals surface area contributed by atoms with Crippen molar-refractivity contribution in [3.8, 4) is 0 Å². The monoisotopic (exact) mass is 476 g/mol. The third kappa shape index (κ3) is 5.99. The van der Waals surface area contributed by atoms with Crippen LogP contribution in [0.15, 0.2) is 71.9 Å². The Morgan fingerprint density at radius 1 is 0.846 bits per heavy atom. The second-order valence-corrected chi connectivity index (χ2v) is 12.4. The second-order valence-electron chi connectivity index (χ2n) is 7.29. The predicted molar refractivity (Wildman–Crippen MR) is 105 cm³/mol. The normalized spacial score (nSPS) is 15.2. The third-order valence-electron chi connectivity index (χ3n) is 4.32. The van der Waals surface area contributed by atoms with E-state index in [0.717, 1.165) is 0 Å². The topological polar surface area (TPSA) is 0 Å². The van der Waals surface area contributed by atoms with Crippen LogP contribution in [0.3, 0.4) is 0 Å². The average molecular weight is 479 g/mol. The van der Waals surface area contributed by atoms with Crippen molar-refractivity contribution in [1.29, 1.82) is 0 Å². The van der Waals surface area contributed by atoms with Crippen LogP contribution in [0.1, 0.15) is 6.92 Å². The summed E-state index contributed by atoms with van der Waals surface area (Å²) in [5.41, 5.74) is 0. The van der Waals surface area contributed by atoms with Crippen LogP contribution in [0, 0.1) is 12.0 Å². The van der Waals surface area contributed by atoms with Crippen LogP contribution in [0.5, 0.6) is 0 Å². The number of hydrogen-bond acceptors (Lipinski definition) is 0. The Bertz CT molecular complexity index is 837. The molecule has 0 saturated heterocycles. The molecule has 1 aliphatic carbocycles. The summed E-state index contributed by atoms with van der Waals surface area (Å²) < 4.78 is 0. The number of allylic oxidation sites excluding steroid dienone is 4. The van der Waals surface area contributed by atoms with Gasteiger partial charge in [-0.15, -0.1) is 39.7 Å². The van der Waals surface area contributed by atoms with Gasteiger partial charge in [-0.1, -0.05) is 68.9 Å². The Hall–Kier alpha value is -0.530. The van der Waals surface area contributed by atoms with Gasteiger partial charge in [0, 0.05) is 0 Å². The van der Waals surface area contributed by atoms with Crippen LogP contribution in [0.25, 0.3) is 21.5 Å². The smallest absolute Gasteiger partial charge is 1.00 e. The molecule has 3 aromatic carbocycles. The van der Waals surface area contributed by atoms with E-state index < -0.39 is 8.07 Å². The average Bonchev–Trinajstić information content (AvgIpc) is 3.11. The Balaban J connectivity index is 0.000000445. The van der Waals surface area contributed by atoms with Gasteiger partial charge in [0.15, 0.2) is 0 Å². The van der Waals surface area contributed by atoms with Gasteiger partial charge in [-0.25, -0.2) is 11.3 Å². The van der Waals surface area contributed by atoms with Crippen molar-refractivity contribution >= 4 is 29.6 Å². The van der Waals surface area contributed by atoms with Crippen molar-refractivity contribution in [3.63, 3.8) is 0 Å². The van der Waals surface area contributed by atoms with Gasteiger partial charge in [-0.3, -0.25) is 6.08 Å². The van der Waals surface area contributed by atoms with Crippen molar-refractivity contribution < 1.29 is 51.0 Å². The summed E-state index contributed by atoms with van der Waals surface area (Å²) in [6.45, 7) is 9.29. The van der Waals surface area contributed by atoms with E-state index in [1.54, 1.807) is 5.20 Å². The molecule has 0 saturated carbocycles. The molecule has 26 heavy (non-hydrogen) atoms. The van der Waals surface area contributed by atoms with Gasteiger partial charge in [-0.05, 0) is 8.07 Å². The zero-order valence-corrected chi connectivity index (χ0v) is 20.7. The van der Waals surface area contributed by atoms with Gasteiger partial charge in [0.1, 0.15) is 0 Å². The first-order valence-corrected chi connectivity index (χ1v) is 11.8. The van der Waals surface area contributed by atoms with E-state index in [1.165, 1.54) is 21.5 Å². The zero-order chi connectivity index (χ0) is 16.4. The minimum atomic E-state index is -1.02. The Morgan fingerprint density at radius 3 is 1.65 bits per heavy atom. The summed E-state index contributed by atoms with van der Waals surface area (Å²) in [5, 5.41) is 6.95. The van der Waals surface area contributed by atoms with Gasteiger partial charge in [0.25, 0.3) is 0 Å². The first-order valence-electron chi connectivity index (χ1n) is 8.30. The first-order chi connectivity index (χ1) is 10.9. The molecule has 3 aromatic rings. The van der Waals surface area contributed by atoms with Crippen molar-refractivity contribution in [3.05, 3.63) is 78.0 Å². The van der Waals surface area contributed by atoms with E-state index in [1.807, 2.05) is 0 Å². The van der Waals surface area contributed by atoms with E-state index in [-0.39, 0.29) is 51.0 Å². The number of hydrogen-bond donors (Lipinski definition) is 0. The minimum Gasteiger partial charge on any atom is -1.00 e. The molecule has 0 nitrogen and oxygen atoms in total. The summed E-state index contributed by atoms with van der Waals surface area (Å²) >= 11 is 0. The fraction of sp³-hybridized carbons (Fsp3) is 0.227. The molecular formula is C22H24Cl2SiZr. The largest absolute Gasteiger partial charge is 4.00 e. The number of fused-ring (bicyclic) bond motifs is 3. The van der Waals surface area contributed by atoms with Crippen LogP contribution in [0.4, 0.5) is 0 Å². The Labute approximate surface area is 190 Å². The van der Waals surface area contributed by atoms with E-state index in [2.05, 4.69) is 99.4 Å². The molecule has 0 spiro atoms. The van der Waals surface area contributed by atoms with E-state index in [4.69, 9.17) is 0 Å². The van der Waals surface area contributed by atoms with Gasteiger partial charge in [-0.2, -0.15) is 6.08 Å². The molecule has 134 valence electrons. The fourth-order valence-corrected chi connectivity index (χ4v) is 4.22. The molecule has 0 N–H and O–H groups in total. The summed E-state index contributed by atoms with van der Waals surface area (Å²) in [6.07, 6.45) is 7.81. The first kappa shape index (κ1) is 25.5. The number of benzene rings is 2. The number of rotatable bonds is 1. The third-order valence-corrected chi connectivity index (χ3v) is 6.36. The molecule has 4 heteroatoms. The molecule has 0 heterocycles. The van der Waals surface area contributed by atoms with E-state index >= 15 is 0 Å². The van der Waals surface area contributed by atoms with E-state index in [9.17, 15) is 0 Å². The fourth-order valence-electron chi connectivity index (χ4n) is 2.96. The second kappa shape index (κ2) is 10.7. The molecule has 0 radical (unpaired) electrons. The summed E-state index contributed by atoms with van der Waals surface area (Å²) in [4.78, 5) is 0. The van der Waals surface area contributed by atoms with Crippen LogP contribution in [-0.4, -0.2) is 8.07 Å². The predicted octanol–water partition coefficient (Wildman–Crippen LogP) is 0.517. The quantitative estimate of drug-likeness (QED) is 0.353. The van der Waals surface area contributed by atoms with Gasteiger partial charge < -0.3 is 24.8 Å². The molecule has 1 unspecified atom stereocenters. The summed E-state index contributed by atoms with van der Waals surface area (Å²) in [5.74, 6) is 0.557. The molecular weight excluding hydrogens is 454 g/mol. The van der Waals surface area contributed by atoms with Crippen molar-refractivity contribution in [2.45, 2.75) is 26.6 Å². The van der Waals surface area contributed by atoms with E-state index in [0.29, 0.717) is 5.92 Å². The number of halogens is 2. The summed E-state index contributed by atoms with van der Waals surface area (Å²) in [7, 11) is -1.02. The van der Waals surface area contributed by atoms with Crippen LogP contribution in [-0.2, 0) is 26.2 Å².